The van der Waals surface area contributed by atoms with Crippen molar-refractivity contribution >= 4 is 29.3 Å². The Bertz CT molecular complexity index is 454. The van der Waals surface area contributed by atoms with Crippen molar-refractivity contribution in [1.29, 1.82) is 0 Å². The molecule has 0 aliphatic carbocycles. The highest BCUT2D eigenvalue weighted by molar-refractivity contribution is 7.97. The molecule has 0 unspecified atom stereocenters. The van der Waals surface area contributed by atoms with Crippen LogP contribution >= 0.6 is 11.8 Å². The number of nitrogens with one attached hydrogen (secondary N) is 1. The summed E-state index contributed by atoms with van der Waals surface area (Å²) in [5.74, 6) is -0.330. The molecule has 0 saturated heterocycles. The van der Waals surface area contributed by atoms with E-state index in [2.05, 4.69) is 5.32 Å². The second-order valence-electron chi connectivity index (χ2n) is 5.04. The van der Waals surface area contributed by atoms with Crippen LogP contribution in [0.5, 0.6) is 0 Å². The molecule has 0 radical (unpaired) electrons. The molecule has 0 heterocycles. The Morgan fingerprint density at radius 1 is 1.26 bits per heavy atom. The van der Waals surface area contributed by atoms with E-state index in [0.29, 0.717) is 5.69 Å². The molecule has 0 aliphatic heterocycles. The molecule has 19 heavy (non-hydrogen) atoms. The maximum absolute atomic E-state index is 11.8. The van der Waals surface area contributed by atoms with Crippen LogP contribution in [0.2, 0.25) is 0 Å². The Morgan fingerprint density at radius 2 is 1.84 bits per heavy atom. The van der Waals surface area contributed by atoms with E-state index in [1.807, 2.05) is 30.5 Å². The SMILES string of the molecule is CSCc1ccc(NC(=O)CC(C)(C)C(=O)O)cc1. The van der Waals surface area contributed by atoms with Crippen LogP contribution in [0, 0.1) is 5.41 Å². The van der Waals surface area contributed by atoms with Gasteiger partial charge in [-0.3, -0.25) is 9.59 Å². The molecule has 4 nitrogen and oxygen atoms in total. The number of carboxylic acid groups (broad SMARTS) is 1. The second kappa shape index (κ2) is 6.61. The molecule has 0 fully saturated rings. The summed E-state index contributed by atoms with van der Waals surface area (Å²) in [6.45, 7) is 3.08. The maximum Gasteiger partial charge on any atom is 0.309 e. The Labute approximate surface area is 117 Å². The average Bonchev–Trinajstić information content (AvgIpc) is 2.31. The lowest BCUT2D eigenvalue weighted by atomic mass is 9.89. The fourth-order valence-corrected chi connectivity index (χ4v) is 2.06. The molecule has 0 saturated carbocycles. The van der Waals surface area contributed by atoms with Crippen molar-refractivity contribution in [2.75, 3.05) is 11.6 Å². The molecule has 0 bridgehead atoms. The van der Waals surface area contributed by atoms with Crippen LogP contribution in [-0.4, -0.2) is 23.2 Å². The van der Waals surface area contributed by atoms with Crippen LogP contribution in [0.3, 0.4) is 0 Å². The minimum Gasteiger partial charge on any atom is -0.481 e. The van der Waals surface area contributed by atoms with Crippen molar-refractivity contribution in [3.63, 3.8) is 0 Å². The van der Waals surface area contributed by atoms with Crippen LogP contribution in [0.1, 0.15) is 25.8 Å². The molecule has 1 aromatic rings. The van der Waals surface area contributed by atoms with Gasteiger partial charge in [0.2, 0.25) is 5.91 Å². The number of carboxylic acids is 1. The Kier molecular flexibility index (Phi) is 5.42. The van der Waals surface area contributed by atoms with Gasteiger partial charge < -0.3 is 10.4 Å². The summed E-state index contributed by atoms with van der Waals surface area (Å²) in [5, 5.41) is 11.7. The fraction of sp³-hybridized carbons (Fsp3) is 0.429. The first kappa shape index (κ1) is 15.6. The van der Waals surface area contributed by atoms with Gasteiger partial charge in [-0.25, -0.2) is 0 Å². The van der Waals surface area contributed by atoms with E-state index >= 15 is 0 Å². The highest BCUT2D eigenvalue weighted by Crippen LogP contribution is 2.21. The second-order valence-corrected chi connectivity index (χ2v) is 5.91. The van der Waals surface area contributed by atoms with Crippen LogP contribution < -0.4 is 5.32 Å². The van der Waals surface area contributed by atoms with Gasteiger partial charge in [0.25, 0.3) is 0 Å². The van der Waals surface area contributed by atoms with Crippen molar-refractivity contribution < 1.29 is 14.7 Å². The number of rotatable bonds is 6. The van der Waals surface area contributed by atoms with Gasteiger partial charge in [0, 0.05) is 17.9 Å². The molecule has 104 valence electrons. The first-order valence-corrected chi connectivity index (χ1v) is 7.35. The summed E-state index contributed by atoms with van der Waals surface area (Å²) in [5.41, 5.74) is 0.829. The van der Waals surface area contributed by atoms with Crippen LogP contribution in [0.15, 0.2) is 24.3 Å². The van der Waals surface area contributed by atoms with Crippen molar-refractivity contribution in [2.24, 2.45) is 5.41 Å². The first-order chi connectivity index (χ1) is 8.85. The highest BCUT2D eigenvalue weighted by Gasteiger charge is 2.30. The summed E-state index contributed by atoms with van der Waals surface area (Å²) < 4.78 is 0. The number of thioether (sulfide) groups is 1. The highest BCUT2D eigenvalue weighted by atomic mass is 32.2. The van der Waals surface area contributed by atoms with Crippen LogP contribution in [0.4, 0.5) is 5.69 Å². The van der Waals surface area contributed by atoms with Gasteiger partial charge in [0.05, 0.1) is 5.41 Å². The average molecular weight is 281 g/mol. The summed E-state index contributed by atoms with van der Waals surface area (Å²) >= 11 is 1.73. The summed E-state index contributed by atoms with van der Waals surface area (Å²) in [7, 11) is 0. The molecule has 0 aromatic heterocycles. The topological polar surface area (TPSA) is 66.4 Å². The monoisotopic (exact) mass is 281 g/mol. The van der Waals surface area contributed by atoms with E-state index in [0.717, 1.165) is 5.75 Å². The minimum absolute atomic E-state index is 0.0467. The van der Waals surface area contributed by atoms with E-state index in [4.69, 9.17) is 5.11 Å². The zero-order valence-corrected chi connectivity index (χ0v) is 12.2. The van der Waals surface area contributed by atoms with Gasteiger partial charge in [-0.05, 0) is 37.8 Å². The number of aliphatic carboxylic acids is 1. The summed E-state index contributed by atoms with van der Waals surface area (Å²) in [6.07, 6.45) is 1.98. The van der Waals surface area contributed by atoms with E-state index in [1.54, 1.807) is 11.8 Å². The van der Waals surface area contributed by atoms with E-state index in [1.165, 1.54) is 19.4 Å². The van der Waals surface area contributed by atoms with Crippen LogP contribution in [0.25, 0.3) is 0 Å². The minimum atomic E-state index is -1.05. The van der Waals surface area contributed by atoms with Crippen LogP contribution in [-0.2, 0) is 15.3 Å². The predicted molar refractivity (Wildman–Crippen MR) is 78.3 cm³/mol. The van der Waals surface area contributed by atoms with Crippen molar-refractivity contribution in [1.82, 2.24) is 0 Å². The Morgan fingerprint density at radius 3 is 2.32 bits per heavy atom. The number of carbonyl (C=O) groups is 2. The zero-order chi connectivity index (χ0) is 14.5. The lowest BCUT2D eigenvalue weighted by molar-refractivity contribution is -0.148. The molecular weight excluding hydrogens is 262 g/mol. The van der Waals surface area contributed by atoms with Gasteiger partial charge in [0.1, 0.15) is 0 Å². The Balaban J connectivity index is 2.60. The lowest BCUT2D eigenvalue weighted by Crippen LogP contribution is -2.29. The number of anilines is 1. The van der Waals surface area contributed by atoms with Gasteiger partial charge in [-0.15, -0.1) is 0 Å². The zero-order valence-electron chi connectivity index (χ0n) is 11.4. The molecular formula is C14H19NO3S. The van der Waals surface area contributed by atoms with Crippen molar-refractivity contribution in [2.45, 2.75) is 26.0 Å². The normalized spacial score (nSPS) is 11.1. The number of carbonyl (C=O) groups excluding carboxylic acids is 1. The number of hydrogen-bond acceptors (Lipinski definition) is 3. The van der Waals surface area contributed by atoms with E-state index < -0.39 is 11.4 Å². The van der Waals surface area contributed by atoms with Gasteiger partial charge in [-0.2, -0.15) is 11.8 Å². The lowest BCUT2D eigenvalue weighted by Gasteiger charge is -2.18. The third-order valence-corrected chi connectivity index (χ3v) is 3.35. The molecule has 1 rings (SSSR count). The van der Waals surface area contributed by atoms with Crippen molar-refractivity contribution in [3.8, 4) is 0 Å². The molecule has 0 atom stereocenters. The molecule has 1 amide bonds. The standard InChI is InChI=1S/C14H19NO3S/c1-14(2,13(17)18)8-12(16)15-11-6-4-10(5-7-11)9-19-3/h4-7H,8-9H2,1-3H3,(H,15,16)(H,17,18). The maximum atomic E-state index is 11.8. The fourth-order valence-electron chi connectivity index (χ4n) is 1.53. The van der Waals surface area contributed by atoms with E-state index in [-0.39, 0.29) is 12.3 Å². The smallest absolute Gasteiger partial charge is 0.309 e. The summed E-state index contributed by atoms with van der Waals surface area (Å²) in [6, 6.07) is 7.57. The first-order valence-electron chi connectivity index (χ1n) is 5.96. The van der Waals surface area contributed by atoms with Gasteiger partial charge in [-0.1, -0.05) is 12.1 Å². The molecule has 0 spiro atoms. The van der Waals surface area contributed by atoms with Gasteiger partial charge >= 0.3 is 5.97 Å². The molecule has 2 N–H and O–H groups in total. The summed E-state index contributed by atoms with van der Waals surface area (Å²) in [4.78, 5) is 22.7. The molecule has 1 aromatic carbocycles. The molecule has 0 aliphatic rings. The third kappa shape index (κ3) is 4.95. The third-order valence-electron chi connectivity index (χ3n) is 2.73. The van der Waals surface area contributed by atoms with Crippen molar-refractivity contribution in [3.05, 3.63) is 29.8 Å². The Hall–Kier alpha value is -1.49. The molecule has 5 heteroatoms. The number of amides is 1. The number of hydrogen-bond donors (Lipinski definition) is 2. The van der Waals surface area contributed by atoms with Gasteiger partial charge in [0.15, 0.2) is 0 Å². The quantitative estimate of drug-likeness (QED) is 0.841. The predicted octanol–water partition coefficient (Wildman–Crippen LogP) is 2.99. The van der Waals surface area contributed by atoms with E-state index in [9.17, 15) is 9.59 Å². The number of benzene rings is 1. The largest absolute Gasteiger partial charge is 0.481 e.